The Kier molecular flexibility index (Phi) is 9.94. The lowest BCUT2D eigenvalue weighted by atomic mass is 10.1. The molecule has 0 aliphatic carbocycles. The predicted octanol–water partition coefficient (Wildman–Crippen LogP) is 5.10. The monoisotopic (exact) mass is 555 g/mol. The van der Waals surface area contributed by atoms with Crippen LogP contribution in [-0.4, -0.2) is 44.3 Å². The molecule has 0 spiro atoms. The normalized spacial score (nSPS) is 12.0. The molecule has 0 aromatic heterocycles. The molecule has 202 valence electrons. The van der Waals surface area contributed by atoms with Crippen LogP contribution in [0.3, 0.4) is 0 Å². The number of amides is 2. The number of aryl methyl sites for hydroxylation is 2. The van der Waals surface area contributed by atoms with E-state index in [4.69, 9.17) is 11.6 Å². The minimum absolute atomic E-state index is 0.0714. The van der Waals surface area contributed by atoms with Gasteiger partial charge in [-0.15, -0.1) is 0 Å². The molecule has 0 saturated carbocycles. The molecule has 0 bridgehead atoms. The topological polar surface area (TPSA) is 86.8 Å². The summed E-state index contributed by atoms with van der Waals surface area (Å²) >= 11 is 6.17. The molecule has 3 rings (SSSR count). The summed E-state index contributed by atoms with van der Waals surface area (Å²) in [5.41, 5.74) is 2.84. The first kappa shape index (κ1) is 29.2. The first-order valence-corrected chi connectivity index (χ1v) is 14.3. The number of carbonyl (C=O) groups excluding carboxylic acids is 2. The number of nitrogens with zero attached hydrogens (tertiary/aromatic N) is 2. The third-order valence-electron chi connectivity index (χ3n) is 6.06. The van der Waals surface area contributed by atoms with Gasteiger partial charge in [0, 0.05) is 18.1 Å². The van der Waals surface area contributed by atoms with Gasteiger partial charge in [0.2, 0.25) is 11.8 Å². The number of benzene rings is 3. The van der Waals surface area contributed by atoms with Crippen LogP contribution in [0.15, 0.2) is 77.7 Å². The van der Waals surface area contributed by atoms with E-state index in [1.165, 1.54) is 17.0 Å². The van der Waals surface area contributed by atoms with Gasteiger partial charge in [0.25, 0.3) is 10.0 Å². The van der Waals surface area contributed by atoms with Crippen LogP contribution in [0.1, 0.15) is 37.0 Å². The Hall–Kier alpha value is -3.36. The second kappa shape index (κ2) is 12.9. The summed E-state index contributed by atoms with van der Waals surface area (Å²) in [5.74, 6) is -0.825. The van der Waals surface area contributed by atoms with Crippen LogP contribution in [0.2, 0.25) is 5.02 Å². The lowest BCUT2D eigenvalue weighted by Gasteiger charge is -2.32. The van der Waals surface area contributed by atoms with Crippen molar-refractivity contribution in [1.29, 1.82) is 0 Å². The Morgan fingerprint density at radius 1 is 0.947 bits per heavy atom. The average molecular weight is 556 g/mol. The summed E-state index contributed by atoms with van der Waals surface area (Å²) in [7, 11) is -4.09. The molecule has 0 fully saturated rings. The van der Waals surface area contributed by atoms with Crippen LogP contribution in [0.5, 0.6) is 0 Å². The van der Waals surface area contributed by atoms with Crippen molar-refractivity contribution in [2.75, 3.05) is 17.4 Å². The summed E-state index contributed by atoms with van der Waals surface area (Å²) in [6.07, 6.45) is 0.747. The zero-order valence-corrected chi connectivity index (χ0v) is 23.7. The smallest absolute Gasteiger partial charge is 0.264 e. The van der Waals surface area contributed by atoms with E-state index in [1.54, 1.807) is 55.5 Å². The van der Waals surface area contributed by atoms with E-state index in [0.29, 0.717) is 17.3 Å². The van der Waals surface area contributed by atoms with Crippen molar-refractivity contribution in [2.24, 2.45) is 0 Å². The number of hydrogen-bond donors (Lipinski definition) is 1. The average Bonchev–Trinajstić information content (AvgIpc) is 2.88. The number of halogens is 1. The molecule has 38 heavy (non-hydrogen) atoms. The van der Waals surface area contributed by atoms with E-state index >= 15 is 0 Å². The van der Waals surface area contributed by atoms with E-state index in [2.05, 4.69) is 5.32 Å². The van der Waals surface area contributed by atoms with Gasteiger partial charge in [0.15, 0.2) is 0 Å². The molecule has 3 aromatic rings. The quantitative estimate of drug-likeness (QED) is 0.357. The van der Waals surface area contributed by atoms with E-state index in [1.807, 2.05) is 32.9 Å². The van der Waals surface area contributed by atoms with Crippen LogP contribution in [0, 0.1) is 13.8 Å². The molecule has 0 aliphatic heterocycles. The highest BCUT2D eigenvalue weighted by Crippen LogP contribution is 2.26. The molecule has 0 heterocycles. The lowest BCUT2D eigenvalue weighted by Crippen LogP contribution is -2.51. The molecule has 1 atom stereocenters. The van der Waals surface area contributed by atoms with Crippen molar-refractivity contribution in [1.82, 2.24) is 10.2 Å². The van der Waals surface area contributed by atoms with Crippen LogP contribution in [-0.2, 0) is 26.2 Å². The van der Waals surface area contributed by atoms with Crippen molar-refractivity contribution >= 4 is 39.1 Å². The molecule has 9 heteroatoms. The SMILES string of the molecule is CCCNC(=O)[C@H](C)N(Cc1cccc(Cl)c1)C(=O)CN(c1cc(C)cc(C)c1)S(=O)(=O)c1ccccc1. The van der Waals surface area contributed by atoms with Crippen LogP contribution >= 0.6 is 11.6 Å². The van der Waals surface area contributed by atoms with Gasteiger partial charge in [-0.1, -0.05) is 54.9 Å². The van der Waals surface area contributed by atoms with Gasteiger partial charge in [-0.25, -0.2) is 8.42 Å². The van der Waals surface area contributed by atoms with E-state index < -0.39 is 28.5 Å². The van der Waals surface area contributed by atoms with Crippen molar-refractivity contribution < 1.29 is 18.0 Å². The van der Waals surface area contributed by atoms with E-state index in [0.717, 1.165) is 27.4 Å². The lowest BCUT2D eigenvalue weighted by molar-refractivity contribution is -0.139. The van der Waals surface area contributed by atoms with Gasteiger partial charge in [-0.3, -0.25) is 13.9 Å². The summed E-state index contributed by atoms with van der Waals surface area (Å²) < 4.78 is 28.8. The fourth-order valence-electron chi connectivity index (χ4n) is 4.15. The number of nitrogens with one attached hydrogen (secondary N) is 1. The van der Waals surface area contributed by atoms with Crippen LogP contribution in [0.25, 0.3) is 0 Å². The number of anilines is 1. The van der Waals surface area contributed by atoms with Crippen molar-refractivity contribution in [3.05, 3.63) is 94.5 Å². The zero-order chi connectivity index (χ0) is 27.9. The first-order chi connectivity index (χ1) is 18.0. The minimum Gasteiger partial charge on any atom is -0.354 e. The summed E-state index contributed by atoms with van der Waals surface area (Å²) in [4.78, 5) is 28.3. The van der Waals surface area contributed by atoms with Crippen LogP contribution < -0.4 is 9.62 Å². The van der Waals surface area contributed by atoms with Gasteiger partial charge < -0.3 is 10.2 Å². The van der Waals surface area contributed by atoms with E-state index in [9.17, 15) is 18.0 Å². The van der Waals surface area contributed by atoms with E-state index in [-0.39, 0.29) is 17.3 Å². The van der Waals surface area contributed by atoms with Gasteiger partial charge >= 0.3 is 0 Å². The van der Waals surface area contributed by atoms with Crippen molar-refractivity contribution in [3.63, 3.8) is 0 Å². The second-order valence-corrected chi connectivity index (χ2v) is 11.6. The maximum absolute atomic E-state index is 13.9. The highest BCUT2D eigenvalue weighted by molar-refractivity contribution is 7.92. The maximum atomic E-state index is 13.9. The Balaban J connectivity index is 2.04. The number of carbonyl (C=O) groups is 2. The summed E-state index contributed by atoms with van der Waals surface area (Å²) in [6, 6.07) is 19.6. The third kappa shape index (κ3) is 7.36. The van der Waals surface area contributed by atoms with Gasteiger partial charge in [-0.2, -0.15) is 0 Å². The molecule has 0 radical (unpaired) electrons. The Morgan fingerprint density at radius 3 is 2.21 bits per heavy atom. The fourth-order valence-corrected chi connectivity index (χ4v) is 5.79. The Labute approximate surface area is 230 Å². The van der Waals surface area contributed by atoms with Crippen molar-refractivity contribution in [3.8, 4) is 0 Å². The molecule has 0 aliphatic rings. The molecule has 2 amide bonds. The Bertz CT molecular complexity index is 1360. The highest BCUT2D eigenvalue weighted by atomic mass is 35.5. The Morgan fingerprint density at radius 2 is 1.61 bits per heavy atom. The number of sulfonamides is 1. The predicted molar refractivity (Wildman–Crippen MR) is 152 cm³/mol. The largest absolute Gasteiger partial charge is 0.354 e. The number of rotatable bonds is 11. The molecule has 7 nitrogen and oxygen atoms in total. The molecular formula is C29H34ClN3O4S. The zero-order valence-electron chi connectivity index (χ0n) is 22.1. The standard InChI is InChI=1S/C29H34ClN3O4S/c1-5-14-31-29(35)23(4)32(19-24-10-9-11-25(30)18-24)28(34)20-33(26-16-21(2)15-22(3)17-26)38(36,37)27-12-7-6-8-13-27/h6-13,15-18,23H,5,14,19-20H2,1-4H3,(H,31,35)/t23-/m0/s1. The first-order valence-electron chi connectivity index (χ1n) is 12.5. The maximum Gasteiger partial charge on any atom is 0.264 e. The second-order valence-electron chi connectivity index (χ2n) is 9.29. The number of hydrogen-bond acceptors (Lipinski definition) is 4. The molecular weight excluding hydrogens is 522 g/mol. The fraction of sp³-hybridized carbons (Fsp3) is 0.310. The highest BCUT2D eigenvalue weighted by Gasteiger charge is 2.32. The van der Waals surface area contributed by atoms with Gasteiger partial charge in [-0.05, 0) is 80.3 Å². The minimum atomic E-state index is -4.09. The van der Waals surface area contributed by atoms with Gasteiger partial charge in [0.05, 0.1) is 10.6 Å². The molecule has 3 aromatic carbocycles. The van der Waals surface area contributed by atoms with Crippen molar-refractivity contribution in [2.45, 2.75) is 51.6 Å². The summed E-state index contributed by atoms with van der Waals surface area (Å²) in [5, 5.41) is 3.33. The van der Waals surface area contributed by atoms with Crippen LogP contribution in [0.4, 0.5) is 5.69 Å². The summed E-state index contributed by atoms with van der Waals surface area (Å²) in [6.45, 7) is 7.41. The third-order valence-corrected chi connectivity index (χ3v) is 8.09. The molecule has 1 N–H and O–H groups in total. The van der Waals surface area contributed by atoms with Gasteiger partial charge in [0.1, 0.15) is 12.6 Å². The molecule has 0 saturated heterocycles. The molecule has 0 unspecified atom stereocenters.